The second-order valence-corrected chi connectivity index (χ2v) is 6.41. The fourth-order valence-electron chi connectivity index (χ4n) is 3.37. The molecule has 1 saturated heterocycles. The molecular formula is C17H20N4O3. The lowest BCUT2D eigenvalue weighted by atomic mass is 9.90. The van der Waals surface area contributed by atoms with Crippen LogP contribution >= 0.6 is 0 Å². The Morgan fingerprint density at radius 1 is 1.29 bits per heavy atom. The highest BCUT2D eigenvalue weighted by atomic mass is 16.4. The van der Waals surface area contributed by atoms with Crippen molar-refractivity contribution in [3.05, 3.63) is 47.8 Å². The third-order valence-corrected chi connectivity index (χ3v) is 4.53. The maximum atomic E-state index is 12.7. The molecule has 1 aromatic heterocycles. The zero-order valence-electron chi connectivity index (χ0n) is 13.6. The van der Waals surface area contributed by atoms with E-state index in [1.165, 1.54) is 16.4 Å². The summed E-state index contributed by atoms with van der Waals surface area (Å²) in [5.74, 6) is -1.21. The molecule has 1 aliphatic rings. The molecule has 7 heteroatoms. The van der Waals surface area contributed by atoms with Crippen LogP contribution in [0.5, 0.6) is 0 Å². The van der Waals surface area contributed by atoms with Crippen LogP contribution in [0, 0.1) is 0 Å². The van der Waals surface area contributed by atoms with Gasteiger partial charge in [-0.15, -0.1) is 5.10 Å². The molecule has 1 N–H and O–H groups in total. The molecule has 1 aromatic carbocycles. The average molecular weight is 328 g/mol. The van der Waals surface area contributed by atoms with Gasteiger partial charge in [-0.05, 0) is 31.7 Å². The van der Waals surface area contributed by atoms with Gasteiger partial charge in [0.1, 0.15) is 6.54 Å². The van der Waals surface area contributed by atoms with Crippen LogP contribution in [0.4, 0.5) is 0 Å². The SMILES string of the molecule is CC1(Cc2ccccc2)CCCN1C(=O)Cn1cc(C(=O)O)nn1. The Morgan fingerprint density at radius 3 is 2.71 bits per heavy atom. The number of carbonyl (C=O) groups is 2. The quantitative estimate of drug-likeness (QED) is 0.900. The first kappa shape index (κ1) is 16.2. The van der Waals surface area contributed by atoms with Crippen LogP contribution in [0.15, 0.2) is 36.5 Å². The lowest BCUT2D eigenvalue weighted by Gasteiger charge is -2.35. The van der Waals surface area contributed by atoms with E-state index in [9.17, 15) is 9.59 Å². The molecule has 1 aliphatic heterocycles. The molecule has 1 fully saturated rings. The second-order valence-electron chi connectivity index (χ2n) is 6.41. The van der Waals surface area contributed by atoms with Crippen LogP contribution < -0.4 is 0 Å². The van der Waals surface area contributed by atoms with Crippen LogP contribution in [0.25, 0.3) is 0 Å². The number of nitrogens with zero attached hydrogens (tertiary/aromatic N) is 4. The Balaban J connectivity index is 1.71. The van der Waals surface area contributed by atoms with E-state index in [-0.39, 0.29) is 23.7 Å². The number of carboxylic acid groups (broad SMARTS) is 1. The van der Waals surface area contributed by atoms with Gasteiger partial charge in [0.25, 0.3) is 0 Å². The van der Waals surface area contributed by atoms with E-state index in [4.69, 9.17) is 5.11 Å². The maximum absolute atomic E-state index is 12.7. The molecule has 24 heavy (non-hydrogen) atoms. The summed E-state index contributed by atoms with van der Waals surface area (Å²) in [5.41, 5.74) is 0.819. The van der Waals surface area contributed by atoms with Gasteiger partial charge < -0.3 is 10.0 Å². The fourth-order valence-corrected chi connectivity index (χ4v) is 3.37. The number of carbonyl (C=O) groups excluding carboxylic acids is 1. The van der Waals surface area contributed by atoms with Crippen LogP contribution in [-0.2, 0) is 17.8 Å². The van der Waals surface area contributed by atoms with Crippen LogP contribution in [-0.4, -0.2) is 49.0 Å². The van der Waals surface area contributed by atoms with Gasteiger partial charge in [-0.2, -0.15) is 0 Å². The Hall–Kier alpha value is -2.70. The van der Waals surface area contributed by atoms with E-state index in [2.05, 4.69) is 29.4 Å². The molecule has 1 unspecified atom stereocenters. The molecule has 126 valence electrons. The molecule has 2 heterocycles. The molecule has 0 spiro atoms. The second kappa shape index (κ2) is 6.43. The van der Waals surface area contributed by atoms with Gasteiger partial charge >= 0.3 is 5.97 Å². The fraction of sp³-hybridized carbons (Fsp3) is 0.412. The standard InChI is InChI=1S/C17H20N4O3/c1-17(10-13-6-3-2-4-7-13)8-5-9-21(17)15(22)12-20-11-14(16(23)24)18-19-20/h2-4,6-7,11H,5,8-10,12H2,1H3,(H,23,24). The van der Waals surface area contributed by atoms with Gasteiger partial charge in [-0.1, -0.05) is 35.5 Å². The first-order valence-electron chi connectivity index (χ1n) is 7.96. The van der Waals surface area contributed by atoms with Crippen LogP contribution in [0.3, 0.4) is 0 Å². The summed E-state index contributed by atoms with van der Waals surface area (Å²) in [6, 6.07) is 10.1. The zero-order valence-corrected chi connectivity index (χ0v) is 13.6. The predicted octanol–water partition coefficient (Wildman–Crippen LogP) is 1.60. The summed E-state index contributed by atoms with van der Waals surface area (Å²) in [7, 11) is 0. The van der Waals surface area contributed by atoms with Gasteiger partial charge in [0, 0.05) is 12.1 Å². The molecule has 0 radical (unpaired) electrons. The van der Waals surface area contributed by atoms with Crippen molar-refractivity contribution in [2.24, 2.45) is 0 Å². The van der Waals surface area contributed by atoms with E-state index in [1.54, 1.807) is 0 Å². The summed E-state index contributed by atoms with van der Waals surface area (Å²) in [5, 5.41) is 16.1. The summed E-state index contributed by atoms with van der Waals surface area (Å²) in [4.78, 5) is 25.4. The highest BCUT2D eigenvalue weighted by Gasteiger charge is 2.39. The van der Waals surface area contributed by atoms with E-state index < -0.39 is 5.97 Å². The minimum Gasteiger partial charge on any atom is -0.476 e. The first-order chi connectivity index (χ1) is 11.5. The Kier molecular flexibility index (Phi) is 4.33. The van der Waals surface area contributed by atoms with Crippen molar-refractivity contribution in [3.63, 3.8) is 0 Å². The number of carboxylic acids is 1. The van der Waals surface area contributed by atoms with Crippen LogP contribution in [0.2, 0.25) is 0 Å². The summed E-state index contributed by atoms with van der Waals surface area (Å²) in [6.45, 7) is 2.82. The molecular weight excluding hydrogens is 308 g/mol. The van der Waals surface area contributed by atoms with Gasteiger partial charge in [0.2, 0.25) is 5.91 Å². The van der Waals surface area contributed by atoms with Crippen molar-refractivity contribution in [1.29, 1.82) is 0 Å². The molecule has 0 aliphatic carbocycles. The number of hydrogen-bond acceptors (Lipinski definition) is 4. The van der Waals surface area contributed by atoms with Crippen molar-refractivity contribution in [2.75, 3.05) is 6.54 Å². The van der Waals surface area contributed by atoms with Crippen molar-refractivity contribution >= 4 is 11.9 Å². The Labute approximate surface area is 139 Å². The molecule has 1 atom stereocenters. The predicted molar refractivity (Wildman–Crippen MR) is 86.5 cm³/mol. The summed E-state index contributed by atoms with van der Waals surface area (Å²) in [6.07, 6.45) is 4.00. The van der Waals surface area contributed by atoms with Gasteiger partial charge in [0.05, 0.1) is 6.20 Å². The zero-order chi connectivity index (χ0) is 17.2. The molecule has 0 bridgehead atoms. The molecule has 3 rings (SSSR count). The number of hydrogen-bond donors (Lipinski definition) is 1. The van der Waals surface area contributed by atoms with Gasteiger partial charge in [-0.3, -0.25) is 4.79 Å². The molecule has 1 amide bonds. The monoisotopic (exact) mass is 328 g/mol. The number of benzene rings is 1. The lowest BCUT2D eigenvalue weighted by Crippen LogP contribution is -2.47. The molecule has 2 aromatic rings. The minimum absolute atomic E-state index is 0.00462. The van der Waals surface area contributed by atoms with E-state index >= 15 is 0 Å². The highest BCUT2D eigenvalue weighted by molar-refractivity contribution is 5.84. The smallest absolute Gasteiger partial charge is 0.358 e. The third kappa shape index (κ3) is 3.29. The largest absolute Gasteiger partial charge is 0.476 e. The lowest BCUT2D eigenvalue weighted by molar-refractivity contribution is -0.135. The average Bonchev–Trinajstić information content (AvgIpc) is 3.15. The number of aromatic carboxylic acids is 1. The highest BCUT2D eigenvalue weighted by Crippen LogP contribution is 2.32. The molecule has 0 saturated carbocycles. The molecule has 7 nitrogen and oxygen atoms in total. The van der Waals surface area contributed by atoms with Crippen LogP contribution in [0.1, 0.15) is 35.8 Å². The van der Waals surface area contributed by atoms with Crippen molar-refractivity contribution in [3.8, 4) is 0 Å². The number of rotatable bonds is 5. The van der Waals surface area contributed by atoms with Crippen molar-refractivity contribution in [2.45, 2.75) is 38.3 Å². The third-order valence-electron chi connectivity index (χ3n) is 4.53. The number of amides is 1. The van der Waals surface area contributed by atoms with E-state index in [0.29, 0.717) is 6.54 Å². The van der Waals surface area contributed by atoms with Gasteiger partial charge in [0.15, 0.2) is 5.69 Å². The number of likely N-dealkylation sites (tertiary alicyclic amines) is 1. The van der Waals surface area contributed by atoms with E-state index in [1.807, 2.05) is 23.1 Å². The minimum atomic E-state index is -1.15. The van der Waals surface area contributed by atoms with Crippen molar-refractivity contribution in [1.82, 2.24) is 19.9 Å². The van der Waals surface area contributed by atoms with E-state index in [0.717, 1.165) is 19.3 Å². The normalized spacial score (nSPS) is 20.3. The Morgan fingerprint density at radius 2 is 2.04 bits per heavy atom. The first-order valence-corrected chi connectivity index (χ1v) is 7.96. The maximum Gasteiger partial charge on any atom is 0.358 e. The topological polar surface area (TPSA) is 88.3 Å². The van der Waals surface area contributed by atoms with Crippen molar-refractivity contribution < 1.29 is 14.7 Å². The Bertz CT molecular complexity index is 743. The number of aromatic nitrogens is 3. The summed E-state index contributed by atoms with van der Waals surface area (Å²) >= 11 is 0. The van der Waals surface area contributed by atoms with Gasteiger partial charge in [-0.25, -0.2) is 9.48 Å². The summed E-state index contributed by atoms with van der Waals surface area (Å²) < 4.78 is 1.28.